The fourth-order valence-corrected chi connectivity index (χ4v) is 7.31. The van der Waals surface area contributed by atoms with E-state index >= 15 is 0 Å². The molecule has 0 amide bonds. The number of Topliss-reactive ketones (excluding diaryl/α,β-unsaturated/α-hetero) is 6. The molecule has 2 fully saturated rings. The summed E-state index contributed by atoms with van der Waals surface area (Å²) in [5.41, 5.74) is -0.775. The Morgan fingerprint density at radius 2 is 0.930 bits per heavy atom. The van der Waals surface area contributed by atoms with E-state index < -0.39 is 102 Å². The minimum Gasteiger partial charge on any atom is -0.469 e. The first-order chi connectivity index (χ1) is 20.3. The first kappa shape index (κ1) is 28.5. The van der Waals surface area contributed by atoms with Crippen LogP contribution in [0.5, 0.6) is 0 Å². The van der Waals surface area contributed by atoms with Crippen LogP contribution < -0.4 is 0 Å². The van der Waals surface area contributed by atoms with Gasteiger partial charge < -0.3 is 9.47 Å². The standard InChI is InChI=1S/C30H22O12S/c1-41-29(37)19-9-17(19)27(35)21-23(31)13-5-3-11(7-15(13)25(21)33)43(39,40)12-4-6-14-16(8-12)26(34)22(24(14)32)28(36)18-10-20(18)30(38)42-2/h3-8,17-22H,9-10H2,1-2H3/t17-,18-,19-,20-,21?,22?/m1/s1. The molecule has 4 aliphatic carbocycles. The van der Waals surface area contributed by atoms with Crippen molar-refractivity contribution in [2.45, 2.75) is 22.6 Å². The molecule has 6 atom stereocenters. The van der Waals surface area contributed by atoms with Crippen LogP contribution in [0.3, 0.4) is 0 Å². The van der Waals surface area contributed by atoms with Crippen LogP contribution in [0.2, 0.25) is 0 Å². The number of esters is 2. The van der Waals surface area contributed by atoms with E-state index in [9.17, 15) is 46.8 Å². The zero-order valence-corrected chi connectivity index (χ0v) is 23.5. The minimum atomic E-state index is -4.41. The molecule has 2 unspecified atom stereocenters. The highest BCUT2D eigenvalue weighted by Gasteiger charge is 2.56. The lowest BCUT2D eigenvalue weighted by Crippen LogP contribution is -2.28. The highest BCUT2D eigenvalue weighted by Crippen LogP contribution is 2.45. The van der Waals surface area contributed by atoms with Gasteiger partial charge in [-0.3, -0.25) is 38.4 Å². The Morgan fingerprint density at radius 3 is 1.28 bits per heavy atom. The molecule has 2 saturated carbocycles. The van der Waals surface area contributed by atoms with Gasteiger partial charge in [0.1, 0.15) is 11.8 Å². The number of carbonyl (C=O) groups excluding carboxylic acids is 8. The van der Waals surface area contributed by atoms with Crippen molar-refractivity contribution in [3.05, 3.63) is 58.7 Å². The maximum absolute atomic E-state index is 13.6. The highest BCUT2D eigenvalue weighted by molar-refractivity contribution is 7.91. The van der Waals surface area contributed by atoms with E-state index in [1.165, 1.54) is 0 Å². The smallest absolute Gasteiger partial charge is 0.309 e. The maximum atomic E-state index is 13.6. The van der Waals surface area contributed by atoms with Gasteiger partial charge in [-0.2, -0.15) is 0 Å². The van der Waals surface area contributed by atoms with Crippen LogP contribution in [0.4, 0.5) is 0 Å². The second-order valence-corrected chi connectivity index (χ2v) is 12.9. The van der Waals surface area contributed by atoms with Crippen LogP contribution in [0, 0.1) is 35.5 Å². The number of benzene rings is 2. The highest BCUT2D eigenvalue weighted by atomic mass is 32.2. The molecule has 13 heteroatoms. The quantitative estimate of drug-likeness (QED) is 0.309. The summed E-state index contributed by atoms with van der Waals surface area (Å²) in [5.74, 6) is -12.5. The summed E-state index contributed by atoms with van der Waals surface area (Å²) >= 11 is 0. The fraction of sp³-hybridized carbons (Fsp3) is 0.333. The fourth-order valence-electron chi connectivity index (χ4n) is 6.00. The summed E-state index contributed by atoms with van der Waals surface area (Å²) in [7, 11) is -2.09. The monoisotopic (exact) mass is 606 g/mol. The topological polar surface area (TPSA) is 189 Å². The van der Waals surface area contributed by atoms with Crippen LogP contribution >= 0.6 is 0 Å². The van der Waals surface area contributed by atoms with Crippen LogP contribution in [-0.4, -0.2) is 69.3 Å². The number of fused-ring (bicyclic) bond motifs is 2. The van der Waals surface area contributed by atoms with Crippen molar-refractivity contribution in [3.63, 3.8) is 0 Å². The Labute approximate surface area is 243 Å². The summed E-state index contributed by atoms with van der Waals surface area (Å²) in [4.78, 5) is 101. The second-order valence-electron chi connectivity index (χ2n) is 11.0. The van der Waals surface area contributed by atoms with Gasteiger partial charge in [0.25, 0.3) is 0 Å². The van der Waals surface area contributed by atoms with Gasteiger partial charge >= 0.3 is 11.9 Å². The molecule has 0 radical (unpaired) electrons. The van der Waals surface area contributed by atoms with Gasteiger partial charge in [0.2, 0.25) is 9.84 Å². The van der Waals surface area contributed by atoms with E-state index in [1.54, 1.807) is 0 Å². The zero-order valence-electron chi connectivity index (χ0n) is 22.6. The van der Waals surface area contributed by atoms with E-state index in [-0.39, 0.29) is 35.1 Å². The van der Waals surface area contributed by atoms with E-state index in [1.807, 2.05) is 0 Å². The summed E-state index contributed by atoms with van der Waals surface area (Å²) < 4.78 is 36.3. The summed E-state index contributed by atoms with van der Waals surface area (Å²) in [6.07, 6.45) is 0.300. The Kier molecular flexibility index (Phi) is 6.42. The number of sulfone groups is 1. The molecule has 0 aliphatic heterocycles. The van der Waals surface area contributed by atoms with Gasteiger partial charge in [-0.1, -0.05) is 0 Å². The van der Waals surface area contributed by atoms with Gasteiger partial charge in [-0.25, -0.2) is 8.42 Å². The van der Waals surface area contributed by atoms with E-state index in [0.717, 1.165) is 50.6 Å². The molecule has 2 aromatic carbocycles. The Hall–Kier alpha value is -4.65. The van der Waals surface area contributed by atoms with Gasteiger partial charge in [0, 0.05) is 34.1 Å². The van der Waals surface area contributed by atoms with Crippen molar-refractivity contribution in [3.8, 4) is 0 Å². The van der Waals surface area contributed by atoms with Crippen molar-refractivity contribution in [1.29, 1.82) is 0 Å². The van der Waals surface area contributed by atoms with Crippen LogP contribution in [0.1, 0.15) is 54.3 Å². The zero-order chi connectivity index (χ0) is 31.1. The predicted molar refractivity (Wildman–Crippen MR) is 140 cm³/mol. The van der Waals surface area contributed by atoms with Crippen molar-refractivity contribution in [1.82, 2.24) is 0 Å². The molecule has 0 aromatic heterocycles. The van der Waals surface area contributed by atoms with Gasteiger partial charge in [0.05, 0.1) is 35.8 Å². The molecule has 6 rings (SSSR count). The number of hydrogen-bond donors (Lipinski definition) is 0. The van der Waals surface area contributed by atoms with E-state index in [4.69, 9.17) is 0 Å². The first-order valence-electron chi connectivity index (χ1n) is 13.3. The molecule has 0 bridgehead atoms. The molecule has 0 spiro atoms. The number of rotatable bonds is 8. The number of ether oxygens (including phenoxy) is 2. The third kappa shape index (κ3) is 4.21. The maximum Gasteiger partial charge on any atom is 0.309 e. The lowest BCUT2D eigenvalue weighted by atomic mass is 9.94. The molecule has 4 aliphatic rings. The third-order valence-corrected chi connectivity index (χ3v) is 10.4. The van der Waals surface area contributed by atoms with E-state index in [2.05, 4.69) is 9.47 Å². The number of hydrogen-bond acceptors (Lipinski definition) is 12. The molecule has 0 N–H and O–H groups in total. The lowest BCUT2D eigenvalue weighted by molar-refractivity contribution is -0.144. The predicted octanol–water partition coefficient (Wildman–Crippen LogP) is 1.27. The molecule has 43 heavy (non-hydrogen) atoms. The van der Waals surface area contributed by atoms with Crippen LogP contribution in [0.15, 0.2) is 46.2 Å². The van der Waals surface area contributed by atoms with Crippen molar-refractivity contribution in [2.75, 3.05) is 14.2 Å². The number of methoxy groups -OCH3 is 2. The number of ketones is 6. The summed E-state index contributed by atoms with van der Waals surface area (Å²) in [5, 5.41) is 0. The number of carbonyl (C=O) groups is 8. The largest absolute Gasteiger partial charge is 0.469 e. The molecule has 0 saturated heterocycles. The Morgan fingerprint density at radius 1 is 0.581 bits per heavy atom. The average molecular weight is 607 g/mol. The van der Waals surface area contributed by atoms with Gasteiger partial charge in [0.15, 0.2) is 34.7 Å². The lowest BCUT2D eigenvalue weighted by Gasteiger charge is -2.08. The van der Waals surface area contributed by atoms with Crippen molar-refractivity contribution >= 4 is 56.5 Å². The normalized spacial score (nSPS) is 26.9. The SMILES string of the molecule is COC(=O)[C@@H]1C[C@H]1C(=O)C1C(=O)c2ccc(S(=O)(=O)c3ccc4c(c3)C(=O)C(C(=O)[C@@H]3C[C@H]3C(=O)OC)C4=O)cc2C1=O. The Bertz CT molecular complexity index is 1720. The first-order valence-corrected chi connectivity index (χ1v) is 14.7. The van der Waals surface area contributed by atoms with Crippen LogP contribution in [-0.2, 0) is 38.5 Å². The molecular formula is C30H22O12S. The van der Waals surface area contributed by atoms with Crippen LogP contribution in [0.25, 0.3) is 0 Å². The molecule has 0 heterocycles. The third-order valence-electron chi connectivity index (χ3n) is 8.60. The molecule has 220 valence electrons. The second kappa shape index (κ2) is 9.69. The average Bonchev–Trinajstić information content (AvgIpc) is 3.92. The molecule has 2 aromatic rings. The molecular weight excluding hydrogens is 584 g/mol. The molecule has 12 nitrogen and oxygen atoms in total. The van der Waals surface area contributed by atoms with Crippen molar-refractivity contribution in [2.24, 2.45) is 35.5 Å². The van der Waals surface area contributed by atoms with Gasteiger partial charge in [-0.15, -0.1) is 0 Å². The summed E-state index contributed by atoms with van der Waals surface area (Å²) in [6, 6.07) is 6.40. The van der Waals surface area contributed by atoms with Crippen molar-refractivity contribution < 1.29 is 56.2 Å². The minimum absolute atomic E-state index is 0.126. The van der Waals surface area contributed by atoms with Gasteiger partial charge in [-0.05, 0) is 49.2 Å². The Balaban J connectivity index is 1.26. The summed E-state index contributed by atoms with van der Waals surface area (Å²) in [6.45, 7) is 0. The van der Waals surface area contributed by atoms with E-state index in [0.29, 0.717) is 0 Å².